The van der Waals surface area contributed by atoms with Crippen molar-refractivity contribution in [3.8, 4) is 5.75 Å². The summed E-state index contributed by atoms with van der Waals surface area (Å²) in [5, 5.41) is 0. The third-order valence-corrected chi connectivity index (χ3v) is 6.95. The lowest BCUT2D eigenvalue weighted by molar-refractivity contribution is -0.136. The van der Waals surface area contributed by atoms with Gasteiger partial charge in [0.1, 0.15) is 11.3 Å². The Balaban J connectivity index is 1.76. The zero-order chi connectivity index (χ0) is 22.9. The molecule has 0 aliphatic carbocycles. The Labute approximate surface area is 187 Å². The molecular formula is C25H39N3O3. The van der Waals surface area contributed by atoms with Crippen molar-refractivity contribution in [2.45, 2.75) is 78.9 Å². The topological polar surface area (TPSA) is 53.1 Å². The lowest BCUT2D eigenvalue weighted by Crippen LogP contribution is -2.56. The van der Waals surface area contributed by atoms with Gasteiger partial charge in [0.25, 0.3) is 5.91 Å². The number of piperidine rings is 1. The van der Waals surface area contributed by atoms with Gasteiger partial charge in [-0.2, -0.15) is 0 Å². The molecule has 0 atom stereocenters. The van der Waals surface area contributed by atoms with E-state index < -0.39 is 5.54 Å². The number of benzene rings is 1. The maximum atomic E-state index is 13.5. The predicted molar refractivity (Wildman–Crippen MR) is 123 cm³/mol. The third-order valence-electron chi connectivity index (χ3n) is 6.95. The Hall–Kier alpha value is -2.08. The maximum Gasteiger partial charge on any atom is 0.327 e. The number of aryl methyl sites for hydroxylation is 2. The summed E-state index contributed by atoms with van der Waals surface area (Å²) >= 11 is 0. The largest absolute Gasteiger partial charge is 0.496 e. The van der Waals surface area contributed by atoms with Gasteiger partial charge in [-0.3, -0.25) is 14.6 Å². The molecule has 1 spiro atoms. The van der Waals surface area contributed by atoms with Crippen LogP contribution >= 0.6 is 0 Å². The normalized spacial score (nSPS) is 19.4. The van der Waals surface area contributed by atoms with Gasteiger partial charge >= 0.3 is 6.03 Å². The van der Waals surface area contributed by atoms with Crippen molar-refractivity contribution < 1.29 is 14.3 Å². The fourth-order valence-electron chi connectivity index (χ4n) is 4.94. The first-order valence-electron chi connectivity index (χ1n) is 11.6. The second-order valence-corrected chi connectivity index (χ2v) is 9.94. The zero-order valence-corrected chi connectivity index (χ0v) is 20.3. The number of carbonyl (C=O) groups excluding carboxylic acids is 2. The molecular weight excluding hydrogens is 390 g/mol. The third kappa shape index (κ3) is 4.45. The molecule has 0 radical (unpaired) electrons. The fourth-order valence-corrected chi connectivity index (χ4v) is 4.94. The zero-order valence-electron chi connectivity index (χ0n) is 20.3. The summed E-state index contributed by atoms with van der Waals surface area (Å²) in [5.74, 6) is 1.42. The molecule has 0 N–H and O–H groups in total. The first-order chi connectivity index (χ1) is 14.6. The Morgan fingerprint density at radius 3 is 2.23 bits per heavy atom. The molecule has 0 unspecified atom stereocenters. The summed E-state index contributed by atoms with van der Waals surface area (Å²) in [6.45, 7) is 15.5. The monoisotopic (exact) mass is 429 g/mol. The van der Waals surface area contributed by atoms with Crippen LogP contribution in [-0.2, 0) is 11.3 Å². The van der Waals surface area contributed by atoms with Crippen molar-refractivity contribution in [3.63, 3.8) is 0 Å². The number of methoxy groups -OCH3 is 1. The van der Waals surface area contributed by atoms with Crippen molar-refractivity contribution in [3.05, 3.63) is 28.8 Å². The molecule has 3 rings (SSSR count). The summed E-state index contributed by atoms with van der Waals surface area (Å²) in [6.07, 6.45) is 2.32. The molecule has 1 aromatic carbocycles. The van der Waals surface area contributed by atoms with Gasteiger partial charge in [0.05, 0.1) is 7.11 Å². The van der Waals surface area contributed by atoms with Crippen LogP contribution in [0.25, 0.3) is 0 Å². The van der Waals surface area contributed by atoms with E-state index in [4.69, 9.17) is 4.74 Å². The van der Waals surface area contributed by atoms with E-state index in [9.17, 15) is 9.59 Å². The summed E-state index contributed by atoms with van der Waals surface area (Å²) < 4.78 is 5.44. The van der Waals surface area contributed by atoms with Crippen LogP contribution in [-0.4, -0.2) is 65.0 Å². The Kier molecular flexibility index (Phi) is 6.99. The highest BCUT2D eigenvalue weighted by molar-refractivity contribution is 6.07. The first-order valence-corrected chi connectivity index (χ1v) is 11.6. The smallest absolute Gasteiger partial charge is 0.327 e. The summed E-state index contributed by atoms with van der Waals surface area (Å²) in [7, 11) is 1.71. The molecule has 0 aromatic heterocycles. The number of imide groups is 1. The van der Waals surface area contributed by atoms with Gasteiger partial charge in [-0.1, -0.05) is 19.9 Å². The molecule has 31 heavy (non-hydrogen) atoms. The summed E-state index contributed by atoms with van der Waals surface area (Å²) in [4.78, 5) is 32.4. The number of hydrogen-bond acceptors (Lipinski definition) is 4. The van der Waals surface area contributed by atoms with Crippen LogP contribution in [0.15, 0.2) is 12.1 Å². The minimum absolute atomic E-state index is 0.00683. The second kappa shape index (κ2) is 9.19. The molecule has 2 aliphatic heterocycles. The van der Waals surface area contributed by atoms with Crippen molar-refractivity contribution in [1.29, 1.82) is 0 Å². The molecule has 6 heteroatoms. The molecule has 2 heterocycles. The van der Waals surface area contributed by atoms with Gasteiger partial charge in [-0.15, -0.1) is 0 Å². The molecule has 1 aromatic rings. The SMILES string of the molecule is COc1cc(C)c(CN2CCC3(CC2)C(=O)N(C(C)C)C(=O)N3CCC(C)C)cc1C. The lowest BCUT2D eigenvalue weighted by Gasteiger charge is -2.42. The van der Waals surface area contributed by atoms with Crippen LogP contribution in [0.1, 0.15) is 63.6 Å². The van der Waals surface area contributed by atoms with Gasteiger partial charge in [0.15, 0.2) is 0 Å². The van der Waals surface area contributed by atoms with E-state index in [1.807, 2.05) is 18.7 Å². The highest BCUT2D eigenvalue weighted by atomic mass is 16.5. The standard InChI is InChI=1S/C25H39N3O3/c1-17(2)8-11-27-24(30)28(18(3)4)23(29)25(27)9-12-26(13-10-25)16-21-14-20(6)22(31-7)15-19(21)5/h14-15,17-18H,8-13,16H2,1-7H3. The van der Waals surface area contributed by atoms with Crippen LogP contribution in [0, 0.1) is 19.8 Å². The lowest BCUT2D eigenvalue weighted by atomic mass is 9.85. The van der Waals surface area contributed by atoms with E-state index in [0.29, 0.717) is 25.3 Å². The van der Waals surface area contributed by atoms with Crippen LogP contribution in [0.3, 0.4) is 0 Å². The molecule has 0 bridgehead atoms. The van der Waals surface area contributed by atoms with Crippen LogP contribution < -0.4 is 4.74 Å². The van der Waals surface area contributed by atoms with E-state index in [-0.39, 0.29) is 18.0 Å². The van der Waals surface area contributed by atoms with Gasteiger partial charge in [0, 0.05) is 32.2 Å². The fraction of sp³-hybridized carbons (Fsp3) is 0.680. The van der Waals surface area contributed by atoms with Crippen molar-refractivity contribution in [2.24, 2.45) is 5.92 Å². The molecule has 2 saturated heterocycles. The molecule has 3 amide bonds. The highest BCUT2D eigenvalue weighted by Crippen LogP contribution is 2.39. The second-order valence-electron chi connectivity index (χ2n) is 9.94. The van der Waals surface area contributed by atoms with Gasteiger partial charge < -0.3 is 9.64 Å². The van der Waals surface area contributed by atoms with Gasteiger partial charge in [-0.25, -0.2) is 4.79 Å². The average molecular weight is 430 g/mol. The number of hydrogen-bond donors (Lipinski definition) is 0. The van der Waals surface area contributed by atoms with E-state index in [1.54, 1.807) is 7.11 Å². The van der Waals surface area contributed by atoms with Crippen LogP contribution in [0.2, 0.25) is 0 Å². The summed E-state index contributed by atoms with van der Waals surface area (Å²) in [5.41, 5.74) is 2.99. The predicted octanol–water partition coefficient (Wildman–Crippen LogP) is 4.37. The van der Waals surface area contributed by atoms with Crippen molar-refractivity contribution in [1.82, 2.24) is 14.7 Å². The van der Waals surface area contributed by atoms with Gasteiger partial charge in [0.2, 0.25) is 0 Å². The first kappa shape index (κ1) is 23.6. The minimum atomic E-state index is -0.669. The van der Waals surface area contributed by atoms with Gasteiger partial charge in [-0.05, 0) is 75.6 Å². The Morgan fingerprint density at radius 2 is 1.68 bits per heavy atom. The highest BCUT2D eigenvalue weighted by Gasteiger charge is 2.58. The number of ether oxygens (including phenoxy) is 1. The maximum absolute atomic E-state index is 13.5. The van der Waals surface area contributed by atoms with Crippen LogP contribution in [0.4, 0.5) is 4.79 Å². The number of carbonyl (C=O) groups is 2. The van der Waals surface area contributed by atoms with E-state index in [2.05, 4.69) is 44.7 Å². The number of likely N-dealkylation sites (tertiary alicyclic amines) is 1. The van der Waals surface area contributed by atoms with Crippen molar-refractivity contribution in [2.75, 3.05) is 26.7 Å². The summed E-state index contributed by atoms with van der Waals surface area (Å²) in [6, 6.07) is 4.10. The Morgan fingerprint density at radius 1 is 1.03 bits per heavy atom. The van der Waals surface area contributed by atoms with Crippen LogP contribution in [0.5, 0.6) is 5.75 Å². The van der Waals surface area contributed by atoms with E-state index >= 15 is 0 Å². The molecule has 0 saturated carbocycles. The number of rotatable bonds is 7. The number of amides is 3. The minimum Gasteiger partial charge on any atom is -0.496 e. The van der Waals surface area contributed by atoms with Crippen molar-refractivity contribution >= 4 is 11.9 Å². The molecule has 2 fully saturated rings. The van der Waals surface area contributed by atoms with E-state index in [0.717, 1.165) is 37.4 Å². The Bertz CT molecular complexity index is 826. The molecule has 172 valence electrons. The average Bonchev–Trinajstić information content (AvgIpc) is 2.90. The number of nitrogens with zero attached hydrogens (tertiary/aromatic N) is 3. The van der Waals surface area contributed by atoms with E-state index in [1.165, 1.54) is 16.0 Å². The number of urea groups is 1. The molecule has 6 nitrogen and oxygen atoms in total. The molecule has 2 aliphatic rings. The quantitative estimate of drug-likeness (QED) is 0.604.